The molecule has 5 aliphatic carbocycles. The van der Waals surface area contributed by atoms with Crippen LogP contribution in [-0.2, 0) is 35.2 Å². The van der Waals surface area contributed by atoms with Crippen LogP contribution in [0.3, 0.4) is 0 Å². The minimum Gasteiger partial charge on any atom is -0.481 e. The van der Waals surface area contributed by atoms with E-state index in [-0.39, 0.29) is 57.8 Å². The van der Waals surface area contributed by atoms with Gasteiger partial charge in [-0.25, -0.2) is 0 Å². The number of rotatable bonds is 11. The lowest BCUT2D eigenvalue weighted by atomic mass is 9.33. The SMILES string of the molecule is CC(=O)OC(CNCc1cccc(Cl)c1)C12CC[C@]3(C)[C@H](CC[C@@H]4[C@@]5(C)CC[C@H](OC(=O)CC(C)(C)C(=O)O)C(C)(C)C5CC[C@]43C)C1=C(C(C)C)C(=O)C2. The standard InChI is InChI=1S/C46H66ClNO7/c1-27(2)38-32(50)23-46(36(54-28(3)49)26-48-25-29-12-11-13-30(47)22-29)21-20-44(9)31(39(38)46)14-15-34-43(8)18-17-35(55-37(51)24-41(4,5)40(52)53)42(6,7)33(43)16-19-45(34,44)10/h11-13,22,27,31,33-36,48H,14-21,23-26H2,1-10H3,(H,52,53)/t31-,33?,34-,35+,36?,43+,44-,45-,46?/m1/s1. The Labute approximate surface area is 334 Å². The molecule has 1 aromatic rings. The Kier molecular flexibility index (Phi) is 11.1. The first kappa shape index (κ1) is 41.9. The first-order valence-electron chi connectivity index (χ1n) is 20.9. The number of carbonyl (C=O) groups is 4. The number of hydrogen-bond acceptors (Lipinski definition) is 7. The van der Waals surface area contributed by atoms with Crippen LogP contribution in [0.1, 0.15) is 139 Å². The van der Waals surface area contributed by atoms with Crippen molar-refractivity contribution < 1.29 is 33.8 Å². The summed E-state index contributed by atoms with van der Waals surface area (Å²) in [7, 11) is 0. The van der Waals surface area contributed by atoms with Crippen molar-refractivity contribution in [2.24, 2.45) is 56.2 Å². The first-order chi connectivity index (χ1) is 25.5. The molecule has 55 heavy (non-hydrogen) atoms. The number of Topliss-reactive ketones (excluding diaryl/α,β-unsaturated/α-hetero) is 1. The molecule has 9 atom stereocenters. The molecule has 0 spiro atoms. The van der Waals surface area contributed by atoms with E-state index in [2.05, 4.69) is 53.8 Å². The van der Waals surface area contributed by atoms with Crippen LogP contribution in [0.15, 0.2) is 35.4 Å². The zero-order valence-corrected chi connectivity index (χ0v) is 35.8. The molecule has 6 rings (SSSR count). The van der Waals surface area contributed by atoms with Gasteiger partial charge in [0, 0.05) is 42.3 Å². The van der Waals surface area contributed by atoms with Crippen molar-refractivity contribution in [3.8, 4) is 0 Å². The van der Waals surface area contributed by atoms with E-state index in [4.69, 9.17) is 21.1 Å². The number of ketones is 1. The molecule has 4 saturated carbocycles. The summed E-state index contributed by atoms with van der Waals surface area (Å²) in [5.74, 6) is -0.454. The Balaban J connectivity index is 1.30. The second-order valence-corrected chi connectivity index (χ2v) is 20.9. The molecule has 0 radical (unpaired) electrons. The van der Waals surface area contributed by atoms with Gasteiger partial charge in [-0.1, -0.05) is 72.2 Å². The molecule has 4 fully saturated rings. The Morgan fingerprint density at radius 1 is 0.964 bits per heavy atom. The van der Waals surface area contributed by atoms with Crippen LogP contribution in [0.25, 0.3) is 0 Å². The van der Waals surface area contributed by atoms with Gasteiger partial charge in [-0.15, -0.1) is 0 Å². The maximum atomic E-state index is 14.3. The lowest BCUT2D eigenvalue weighted by Crippen LogP contribution is -2.66. The smallest absolute Gasteiger partial charge is 0.309 e. The van der Waals surface area contributed by atoms with E-state index >= 15 is 0 Å². The number of hydrogen-bond donors (Lipinski definition) is 2. The highest BCUT2D eigenvalue weighted by molar-refractivity contribution is 6.30. The summed E-state index contributed by atoms with van der Waals surface area (Å²) in [4.78, 5) is 52.0. The number of halogens is 1. The van der Waals surface area contributed by atoms with Gasteiger partial charge in [-0.05, 0) is 134 Å². The third-order valence-corrected chi connectivity index (χ3v) is 16.6. The van der Waals surface area contributed by atoms with E-state index in [0.717, 1.165) is 62.5 Å². The van der Waals surface area contributed by atoms with Gasteiger partial charge >= 0.3 is 17.9 Å². The number of fused-ring (bicyclic) bond motifs is 7. The molecule has 0 saturated heterocycles. The van der Waals surface area contributed by atoms with Crippen molar-refractivity contribution in [1.29, 1.82) is 0 Å². The summed E-state index contributed by atoms with van der Waals surface area (Å²) in [6.45, 7) is 22.1. The van der Waals surface area contributed by atoms with Gasteiger partial charge in [0.15, 0.2) is 5.78 Å². The highest BCUT2D eigenvalue weighted by atomic mass is 35.5. The van der Waals surface area contributed by atoms with Crippen LogP contribution >= 0.6 is 11.6 Å². The maximum absolute atomic E-state index is 14.3. The Bertz CT molecular complexity index is 1750. The van der Waals surface area contributed by atoms with Gasteiger partial charge in [0.05, 0.1) is 11.8 Å². The molecular weight excluding hydrogens is 714 g/mol. The fraction of sp³-hybridized carbons (Fsp3) is 0.739. The van der Waals surface area contributed by atoms with E-state index in [1.54, 1.807) is 13.8 Å². The number of carboxylic acids is 1. The monoisotopic (exact) mass is 779 g/mol. The van der Waals surface area contributed by atoms with Crippen molar-refractivity contribution in [3.63, 3.8) is 0 Å². The van der Waals surface area contributed by atoms with E-state index in [0.29, 0.717) is 36.4 Å². The topological polar surface area (TPSA) is 119 Å². The molecule has 9 heteroatoms. The van der Waals surface area contributed by atoms with Crippen LogP contribution < -0.4 is 5.32 Å². The normalized spacial score (nSPS) is 36.0. The summed E-state index contributed by atoms with van der Waals surface area (Å²) < 4.78 is 12.5. The minimum absolute atomic E-state index is 0.0148. The summed E-state index contributed by atoms with van der Waals surface area (Å²) in [6, 6.07) is 7.77. The largest absolute Gasteiger partial charge is 0.481 e. The minimum atomic E-state index is -1.18. The summed E-state index contributed by atoms with van der Waals surface area (Å²) in [5.41, 5.74) is 1.31. The number of aliphatic carboxylic acids is 1. The number of ether oxygens (including phenoxy) is 2. The van der Waals surface area contributed by atoms with Crippen molar-refractivity contribution >= 4 is 35.3 Å². The highest BCUT2D eigenvalue weighted by Crippen LogP contribution is 2.77. The quantitative estimate of drug-likeness (QED) is 0.213. The fourth-order valence-electron chi connectivity index (χ4n) is 13.4. The molecule has 0 aromatic heterocycles. The fourth-order valence-corrected chi connectivity index (χ4v) is 13.7. The highest BCUT2D eigenvalue weighted by Gasteiger charge is 2.71. The molecule has 304 valence electrons. The van der Waals surface area contributed by atoms with Crippen LogP contribution in [0, 0.1) is 56.2 Å². The molecule has 0 bridgehead atoms. The third kappa shape index (κ3) is 6.91. The lowest BCUT2D eigenvalue weighted by Gasteiger charge is -2.72. The summed E-state index contributed by atoms with van der Waals surface area (Å²) in [5, 5.41) is 13.9. The number of carbonyl (C=O) groups excluding carboxylic acids is 3. The third-order valence-electron chi connectivity index (χ3n) is 16.3. The van der Waals surface area contributed by atoms with Gasteiger partial charge in [-0.3, -0.25) is 19.2 Å². The van der Waals surface area contributed by atoms with E-state index in [1.807, 2.05) is 24.3 Å². The average molecular weight is 780 g/mol. The molecule has 2 N–H and O–H groups in total. The zero-order chi connectivity index (χ0) is 40.5. The predicted molar refractivity (Wildman–Crippen MR) is 214 cm³/mol. The van der Waals surface area contributed by atoms with Crippen LogP contribution in [0.2, 0.25) is 5.02 Å². The Hall–Kier alpha value is -2.71. The van der Waals surface area contributed by atoms with Crippen molar-refractivity contribution in [2.45, 2.75) is 152 Å². The van der Waals surface area contributed by atoms with E-state index < -0.39 is 28.9 Å². The van der Waals surface area contributed by atoms with E-state index in [1.165, 1.54) is 12.5 Å². The maximum Gasteiger partial charge on any atom is 0.309 e. The molecular formula is C46H66ClNO7. The van der Waals surface area contributed by atoms with Gasteiger partial charge in [0.25, 0.3) is 0 Å². The molecule has 3 unspecified atom stereocenters. The molecule has 0 heterocycles. The second kappa shape index (κ2) is 14.6. The summed E-state index contributed by atoms with van der Waals surface area (Å²) in [6.07, 6.45) is 7.12. The van der Waals surface area contributed by atoms with Crippen molar-refractivity contribution in [1.82, 2.24) is 5.32 Å². The molecule has 0 aliphatic heterocycles. The number of esters is 2. The Morgan fingerprint density at radius 2 is 1.67 bits per heavy atom. The van der Waals surface area contributed by atoms with Crippen LogP contribution in [0.4, 0.5) is 0 Å². The van der Waals surface area contributed by atoms with E-state index in [9.17, 15) is 24.3 Å². The van der Waals surface area contributed by atoms with Crippen LogP contribution in [-0.4, -0.2) is 47.6 Å². The zero-order valence-electron chi connectivity index (χ0n) is 35.0. The Morgan fingerprint density at radius 3 is 2.31 bits per heavy atom. The number of allylic oxidation sites excluding steroid dienone is 1. The lowest BCUT2D eigenvalue weighted by molar-refractivity contribution is -0.235. The van der Waals surface area contributed by atoms with Crippen molar-refractivity contribution in [3.05, 3.63) is 46.0 Å². The average Bonchev–Trinajstić information content (AvgIpc) is 3.38. The van der Waals surface area contributed by atoms with Crippen molar-refractivity contribution in [2.75, 3.05) is 6.54 Å². The molecule has 5 aliphatic rings. The molecule has 0 amide bonds. The van der Waals surface area contributed by atoms with Crippen LogP contribution in [0.5, 0.6) is 0 Å². The molecule has 1 aromatic carbocycles. The first-order valence-corrected chi connectivity index (χ1v) is 21.2. The summed E-state index contributed by atoms with van der Waals surface area (Å²) >= 11 is 6.29. The predicted octanol–water partition coefficient (Wildman–Crippen LogP) is 9.75. The second-order valence-electron chi connectivity index (χ2n) is 20.4. The van der Waals surface area contributed by atoms with Gasteiger partial charge in [0.1, 0.15) is 12.2 Å². The van der Waals surface area contributed by atoms with Gasteiger partial charge < -0.3 is 19.9 Å². The molecule has 8 nitrogen and oxygen atoms in total. The van der Waals surface area contributed by atoms with Gasteiger partial charge in [-0.2, -0.15) is 0 Å². The number of nitrogens with one attached hydrogen (secondary N) is 1. The number of benzene rings is 1. The number of carboxylic acid groups (broad SMARTS) is 1. The van der Waals surface area contributed by atoms with Gasteiger partial charge in [0.2, 0.25) is 0 Å².